The summed E-state index contributed by atoms with van der Waals surface area (Å²) in [6, 6.07) is 13.3. The van der Waals surface area contributed by atoms with Gasteiger partial charge in [0.15, 0.2) is 5.78 Å². The second-order valence-corrected chi connectivity index (χ2v) is 4.40. The van der Waals surface area contributed by atoms with Crippen LogP contribution in [0.2, 0.25) is 0 Å². The van der Waals surface area contributed by atoms with Crippen molar-refractivity contribution in [2.24, 2.45) is 5.73 Å². The number of Topliss-reactive ketones (excluding diaryl/α,β-unsaturated/α-hetero) is 1. The number of para-hydroxylation sites is 1. The molecular weight excluding hydrogens is 236 g/mol. The van der Waals surface area contributed by atoms with Crippen LogP contribution in [0.25, 0.3) is 11.1 Å². The minimum Gasteiger partial charge on any atom is -0.398 e. The SMILES string of the molecule is CCC(=O)c1ccccc1-c1cccc(CN)c1N. The molecule has 2 rings (SSSR count). The lowest BCUT2D eigenvalue weighted by Crippen LogP contribution is -2.05. The molecule has 0 bridgehead atoms. The Balaban J connectivity index is 2.63. The van der Waals surface area contributed by atoms with Gasteiger partial charge in [-0.3, -0.25) is 4.79 Å². The summed E-state index contributed by atoms with van der Waals surface area (Å²) in [5.74, 6) is 0.119. The van der Waals surface area contributed by atoms with Crippen LogP contribution in [0.15, 0.2) is 42.5 Å². The van der Waals surface area contributed by atoms with Gasteiger partial charge in [-0.25, -0.2) is 0 Å². The number of carbonyl (C=O) groups excluding carboxylic acids is 1. The summed E-state index contributed by atoms with van der Waals surface area (Å²) in [5.41, 5.74) is 15.8. The maximum atomic E-state index is 12.0. The van der Waals surface area contributed by atoms with Crippen LogP contribution >= 0.6 is 0 Å². The summed E-state index contributed by atoms with van der Waals surface area (Å²) in [7, 11) is 0. The Bertz CT molecular complexity index is 605. The van der Waals surface area contributed by atoms with E-state index in [2.05, 4.69) is 0 Å². The molecule has 0 saturated carbocycles. The van der Waals surface area contributed by atoms with Gasteiger partial charge < -0.3 is 11.5 Å². The monoisotopic (exact) mass is 254 g/mol. The van der Waals surface area contributed by atoms with Crippen molar-refractivity contribution in [3.8, 4) is 11.1 Å². The molecule has 3 nitrogen and oxygen atoms in total. The van der Waals surface area contributed by atoms with E-state index in [0.29, 0.717) is 24.2 Å². The molecule has 4 N–H and O–H groups in total. The lowest BCUT2D eigenvalue weighted by atomic mass is 9.93. The van der Waals surface area contributed by atoms with E-state index in [9.17, 15) is 4.79 Å². The van der Waals surface area contributed by atoms with Gasteiger partial charge in [-0.2, -0.15) is 0 Å². The van der Waals surface area contributed by atoms with Crippen LogP contribution in [0.3, 0.4) is 0 Å². The third-order valence-corrected chi connectivity index (χ3v) is 3.26. The van der Waals surface area contributed by atoms with Crippen molar-refractivity contribution in [3.63, 3.8) is 0 Å². The molecule has 0 aliphatic carbocycles. The predicted molar refractivity (Wildman–Crippen MR) is 78.8 cm³/mol. The number of carbonyl (C=O) groups is 1. The van der Waals surface area contributed by atoms with E-state index in [-0.39, 0.29) is 5.78 Å². The Labute approximate surface area is 113 Å². The molecule has 0 heterocycles. The van der Waals surface area contributed by atoms with E-state index in [1.807, 2.05) is 49.4 Å². The molecule has 19 heavy (non-hydrogen) atoms. The Morgan fingerprint density at radius 1 is 1.05 bits per heavy atom. The molecule has 0 aromatic heterocycles. The first-order valence-corrected chi connectivity index (χ1v) is 6.39. The van der Waals surface area contributed by atoms with Crippen LogP contribution in [-0.4, -0.2) is 5.78 Å². The highest BCUT2D eigenvalue weighted by molar-refractivity contribution is 6.03. The Morgan fingerprint density at radius 3 is 2.42 bits per heavy atom. The highest BCUT2D eigenvalue weighted by Gasteiger charge is 2.13. The molecule has 2 aromatic carbocycles. The molecule has 0 amide bonds. The zero-order chi connectivity index (χ0) is 13.8. The number of benzene rings is 2. The third-order valence-electron chi connectivity index (χ3n) is 3.26. The molecule has 0 atom stereocenters. The summed E-state index contributed by atoms with van der Waals surface area (Å²) >= 11 is 0. The van der Waals surface area contributed by atoms with Crippen molar-refractivity contribution in [2.45, 2.75) is 19.9 Å². The van der Waals surface area contributed by atoms with Crippen molar-refractivity contribution >= 4 is 11.5 Å². The van der Waals surface area contributed by atoms with Gasteiger partial charge in [0.25, 0.3) is 0 Å². The molecule has 0 radical (unpaired) electrons. The van der Waals surface area contributed by atoms with Crippen LogP contribution in [0, 0.1) is 0 Å². The van der Waals surface area contributed by atoms with Crippen LogP contribution < -0.4 is 11.5 Å². The van der Waals surface area contributed by atoms with E-state index in [4.69, 9.17) is 11.5 Å². The maximum Gasteiger partial charge on any atom is 0.163 e. The molecule has 2 aromatic rings. The smallest absolute Gasteiger partial charge is 0.163 e. The minimum atomic E-state index is 0.119. The Hall–Kier alpha value is -2.13. The van der Waals surface area contributed by atoms with Crippen molar-refractivity contribution in [2.75, 3.05) is 5.73 Å². The summed E-state index contributed by atoms with van der Waals surface area (Å²) in [5, 5.41) is 0. The largest absolute Gasteiger partial charge is 0.398 e. The number of hydrogen-bond donors (Lipinski definition) is 2. The van der Waals surface area contributed by atoms with Gasteiger partial charge in [-0.05, 0) is 11.1 Å². The molecule has 0 aliphatic heterocycles. The maximum absolute atomic E-state index is 12.0. The highest BCUT2D eigenvalue weighted by atomic mass is 16.1. The molecule has 0 saturated heterocycles. The zero-order valence-corrected chi connectivity index (χ0v) is 11.0. The minimum absolute atomic E-state index is 0.119. The molecule has 0 spiro atoms. The first kappa shape index (κ1) is 13.3. The highest BCUT2D eigenvalue weighted by Crippen LogP contribution is 2.31. The topological polar surface area (TPSA) is 69.1 Å². The zero-order valence-electron chi connectivity index (χ0n) is 11.0. The van der Waals surface area contributed by atoms with Crippen LogP contribution in [0.1, 0.15) is 29.3 Å². The standard InChI is InChI=1S/C16H18N2O/c1-2-15(19)13-8-4-3-7-12(13)14-9-5-6-11(10-17)16(14)18/h3-9H,2,10,17-18H2,1H3. The van der Waals surface area contributed by atoms with Crippen molar-refractivity contribution in [3.05, 3.63) is 53.6 Å². The summed E-state index contributed by atoms with van der Waals surface area (Å²) in [4.78, 5) is 12.0. The second-order valence-electron chi connectivity index (χ2n) is 4.40. The van der Waals surface area contributed by atoms with Crippen LogP contribution in [0.5, 0.6) is 0 Å². The summed E-state index contributed by atoms with van der Waals surface area (Å²) in [6.45, 7) is 2.25. The molecule has 0 fully saturated rings. The van der Waals surface area contributed by atoms with E-state index in [1.54, 1.807) is 0 Å². The lowest BCUT2D eigenvalue weighted by Gasteiger charge is -2.13. The van der Waals surface area contributed by atoms with E-state index >= 15 is 0 Å². The van der Waals surface area contributed by atoms with Gasteiger partial charge in [0, 0.05) is 29.8 Å². The molecule has 0 unspecified atom stereocenters. The lowest BCUT2D eigenvalue weighted by molar-refractivity contribution is 0.0989. The second kappa shape index (κ2) is 5.67. The van der Waals surface area contributed by atoms with E-state index < -0.39 is 0 Å². The Kier molecular flexibility index (Phi) is 3.97. The fraction of sp³-hybridized carbons (Fsp3) is 0.188. The Morgan fingerprint density at radius 2 is 1.74 bits per heavy atom. The number of ketones is 1. The van der Waals surface area contributed by atoms with Gasteiger partial charge in [0.2, 0.25) is 0 Å². The number of anilines is 1. The summed E-state index contributed by atoms with van der Waals surface area (Å²) in [6.07, 6.45) is 0.480. The molecule has 3 heteroatoms. The van der Waals surface area contributed by atoms with Gasteiger partial charge in [0.1, 0.15) is 0 Å². The van der Waals surface area contributed by atoms with Crippen molar-refractivity contribution < 1.29 is 4.79 Å². The first-order chi connectivity index (χ1) is 9.19. The van der Waals surface area contributed by atoms with Crippen LogP contribution in [0.4, 0.5) is 5.69 Å². The average Bonchev–Trinajstić information content (AvgIpc) is 2.47. The van der Waals surface area contributed by atoms with Gasteiger partial charge in [0.05, 0.1) is 0 Å². The van der Waals surface area contributed by atoms with Gasteiger partial charge in [-0.15, -0.1) is 0 Å². The normalized spacial score (nSPS) is 10.4. The quantitative estimate of drug-likeness (QED) is 0.651. The number of rotatable bonds is 4. The van der Waals surface area contributed by atoms with Gasteiger partial charge in [-0.1, -0.05) is 49.4 Å². The molecular formula is C16H18N2O. The fourth-order valence-electron chi connectivity index (χ4n) is 2.18. The van der Waals surface area contributed by atoms with Gasteiger partial charge >= 0.3 is 0 Å². The van der Waals surface area contributed by atoms with Crippen molar-refractivity contribution in [1.29, 1.82) is 0 Å². The first-order valence-electron chi connectivity index (χ1n) is 6.39. The molecule has 0 aliphatic rings. The summed E-state index contributed by atoms with van der Waals surface area (Å²) < 4.78 is 0. The average molecular weight is 254 g/mol. The number of nitrogen functional groups attached to an aromatic ring is 1. The fourth-order valence-corrected chi connectivity index (χ4v) is 2.18. The van der Waals surface area contributed by atoms with E-state index in [0.717, 1.165) is 16.7 Å². The molecule has 98 valence electrons. The predicted octanol–water partition coefficient (Wildman–Crippen LogP) is 2.99. The third kappa shape index (κ3) is 2.51. The van der Waals surface area contributed by atoms with E-state index in [1.165, 1.54) is 0 Å². The number of nitrogens with two attached hydrogens (primary N) is 2. The number of hydrogen-bond acceptors (Lipinski definition) is 3. The van der Waals surface area contributed by atoms with Crippen LogP contribution in [-0.2, 0) is 6.54 Å². The van der Waals surface area contributed by atoms with Crippen molar-refractivity contribution in [1.82, 2.24) is 0 Å².